The Labute approximate surface area is 156 Å². The van der Waals surface area contributed by atoms with Gasteiger partial charge in [-0.15, -0.1) is 0 Å². The highest BCUT2D eigenvalue weighted by atomic mass is 19.1. The van der Waals surface area contributed by atoms with Gasteiger partial charge in [0.2, 0.25) is 0 Å². The second-order valence-electron chi connectivity index (χ2n) is 5.92. The monoisotopic (exact) mass is 386 g/mol. The Kier molecular flexibility index (Phi) is 5.12. The third kappa shape index (κ3) is 3.44. The Balaban J connectivity index is 2.18. The van der Waals surface area contributed by atoms with Crippen LogP contribution in [-0.4, -0.2) is 16.6 Å². The van der Waals surface area contributed by atoms with Gasteiger partial charge in [0.05, 0.1) is 5.56 Å². The second kappa shape index (κ2) is 7.51. The molecule has 0 aliphatic rings. The molecular weight excluding hydrogens is 373 g/mol. The van der Waals surface area contributed by atoms with Crippen LogP contribution in [0, 0.1) is 17.5 Å². The minimum absolute atomic E-state index is 0.0823. The van der Waals surface area contributed by atoms with Gasteiger partial charge >= 0.3 is 0 Å². The maximum atomic E-state index is 14.5. The molecule has 5 nitrogen and oxygen atoms in total. The number of benzene rings is 2. The van der Waals surface area contributed by atoms with E-state index < -0.39 is 40.3 Å². The summed E-state index contributed by atoms with van der Waals surface area (Å²) >= 11 is 0. The lowest BCUT2D eigenvalue weighted by Crippen LogP contribution is -2.25. The van der Waals surface area contributed by atoms with Gasteiger partial charge in [0.1, 0.15) is 23.6 Å². The van der Waals surface area contributed by atoms with E-state index in [1.54, 1.807) is 0 Å². The molecule has 0 atom stereocenters. The number of nitrogens with two attached hydrogens (primary N) is 1. The molecule has 3 rings (SSSR count). The summed E-state index contributed by atoms with van der Waals surface area (Å²) in [4.78, 5) is 35.4. The Hall–Kier alpha value is -3.68. The zero-order valence-electron chi connectivity index (χ0n) is 14.3. The highest BCUT2D eigenvalue weighted by Crippen LogP contribution is 2.24. The maximum Gasteiger partial charge on any atom is 0.256 e. The number of nitrogen functional groups attached to an aromatic ring is 1. The van der Waals surface area contributed by atoms with Gasteiger partial charge in [-0.05, 0) is 48.0 Å². The van der Waals surface area contributed by atoms with E-state index in [2.05, 4.69) is 0 Å². The Morgan fingerprint density at radius 2 is 1.61 bits per heavy atom. The number of carbonyl (C=O) groups is 2. The van der Waals surface area contributed by atoms with Crippen molar-refractivity contribution in [3.05, 3.63) is 93.0 Å². The molecule has 0 saturated carbocycles. The van der Waals surface area contributed by atoms with E-state index in [0.29, 0.717) is 10.9 Å². The summed E-state index contributed by atoms with van der Waals surface area (Å²) in [5, 5.41) is 0. The van der Waals surface area contributed by atoms with Crippen molar-refractivity contribution in [1.82, 2.24) is 4.57 Å². The van der Waals surface area contributed by atoms with Crippen LogP contribution < -0.4 is 11.3 Å². The molecule has 0 fully saturated rings. The molecular formula is C20H13F3N2O3. The lowest BCUT2D eigenvalue weighted by Gasteiger charge is -2.15. The minimum Gasteiger partial charge on any atom is -0.384 e. The molecule has 0 saturated heterocycles. The number of hydrogen-bond donors (Lipinski definition) is 1. The fourth-order valence-corrected chi connectivity index (χ4v) is 2.78. The number of aldehydes is 1. The van der Waals surface area contributed by atoms with Crippen LogP contribution in [0.4, 0.5) is 19.0 Å². The summed E-state index contributed by atoms with van der Waals surface area (Å²) < 4.78 is 42.6. The fraction of sp³-hybridized carbons (Fsp3) is 0.0500. The third-order valence-electron chi connectivity index (χ3n) is 4.10. The van der Waals surface area contributed by atoms with Crippen LogP contribution in [0.2, 0.25) is 0 Å². The van der Waals surface area contributed by atoms with E-state index in [1.807, 2.05) is 0 Å². The summed E-state index contributed by atoms with van der Waals surface area (Å²) in [5.41, 5.74) is 4.27. The van der Waals surface area contributed by atoms with Gasteiger partial charge in [0, 0.05) is 18.1 Å². The molecule has 0 aliphatic carbocycles. The molecule has 0 unspecified atom stereocenters. The van der Waals surface area contributed by atoms with Crippen molar-refractivity contribution in [3.8, 4) is 5.69 Å². The van der Waals surface area contributed by atoms with Crippen molar-refractivity contribution in [2.45, 2.75) is 6.42 Å². The molecule has 0 spiro atoms. The molecule has 2 aromatic carbocycles. The van der Waals surface area contributed by atoms with Crippen molar-refractivity contribution < 1.29 is 22.8 Å². The molecule has 0 radical (unpaired) electrons. The molecule has 1 heterocycles. The first-order chi connectivity index (χ1) is 13.3. The van der Waals surface area contributed by atoms with Crippen molar-refractivity contribution in [1.29, 1.82) is 0 Å². The smallest absolute Gasteiger partial charge is 0.256 e. The van der Waals surface area contributed by atoms with Crippen molar-refractivity contribution >= 4 is 17.9 Å². The van der Waals surface area contributed by atoms with Crippen LogP contribution in [0.5, 0.6) is 0 Å². The number of rotatable bonds is 5. The number of ketones is 1. The zero-order valence-corrected chi connectivity index (χ0v) is 14.3. The van der Waals surface area contributed by atoms with E-state index in [9.17, 15) is 27.6 Å². The van der Waals surface area contributed by atoms with Gasteiger partial charge in [-0.3, -0.25) is 14.2 Å². The van der Waals surface area contributed by atoms with E-state index in [4.69, 9.17) is 5.73 Å². The predicted molar refractivity (Wildman–Crippen MR) is 96.0 cm³/mol. The van der Waals surface area contributed by atoms with Gasteiger partial charge in [0.25, 0.3) is 5.56 Å². The molecule has 0 aliphatic heterocycles. The first-order valence-electron chi connectivity index (χ1n) is 8.07. The van der Waals surface area contributed by atoms with Crippen molar-refractivity contribution in [2.75, 3.05) is 5.73 Å². The quantitative estimate of drug-likeness (QED) is 0.540. The number of aromatic nitrogens is 1. The highest BCUT2D eigenvalue weighted by Gasteiger charge is 2.21. The van der Waals surface area contributed by atoms with Gasteiger partial charge in [-0.1, -0.05) is 0 Å². The SMILES string of the molecule is Nc1c(C(=O)c2ccc(F)cc2)ccc(=O)n1-c1c(F)cc(CC=O)cc1F. The average Bonchev–Trinajstić information content (AvgIpc) is 2.64. The fourth-order valence-electron chi connectivity index (χ4n) is 2.78. The Bertz CT molecular complexity index is 1120. The number of pyridine rings is 1. The highest BCUT2D eigenvalue weighted by molar-refractivity contribution is 6.11. The summed E-state index contributed by atoms with van der Waals surface area (Å²) in [6.07, 6.45) is 0.276. The zero-order chi connectivity index (χ0) is 20.4. The Morgan fingerprint density at radius 3 is 2.18 bits per heavy atom. The number of halogens is 3. The summed E-state index contributed by atoms with van der Waals surface area (Å²) in [6.45, 7) is 0. The van der Waals surface area contributed by atoms with Crippen molar-refractivity contribution in [3.63, 3.8) is 0 Å². The standard InChI is InChI=1S/C20H13F3N2O3/c21-13-3-1-12(2-4-13)19(28)14-5-6-17(27)25(20(14)24)18-15(22)9-11(7-8-26)10-16(18)23/h1-6,8-10H,7,24H2. The Morgan fingerprint density at radius 1 is 1.00 bits per heavy atom. The number of nitrogens with zero attached hydrogens (tertiary/aromatic N) is 1. The van der Waals surface area contributed by atoms with E-state index in [1.165, 1.54) is 12.1 Å². The van der Waals surface area contributed by atoms with Crippen LogP contribution in [-0.2, 0) is 11.2 Å². The predicted octanol–water partition coefficient (Wildman–Crippen LogP) is 2.81. The molecule has 28 heavy (non-hydrogen) atoms. The summed E-state index contributed by atoms with van der Waals surface area (Å²) in [6, 6.07) is 8.50. The first kappa shape index (κ1) is 19.1. The van der Waals surface area contributed by atoms with Crippen LogP contribution in [0.3, 0.4) is 0 Å². The van der Waals surface area contributed by atoms with E-state index in [-0.39, 0.29) is 23.1 Å². The van der Waals surface area contributed by atoms with Crippen LogP contribution in [0.1, 0.15) is 21.5 Å². The summed E-state index contributed by atoms with van der Waals surface area (Å²) in [5.74, 6) is -3.89. The molecule has 0 amide bonds. The van der Waals surface area contributed by atoms with E-state index in [0.717, 1.165) is 36.4 Å². The molecule has 0 bridgehead atoms. The topological polar surface area (TPSA) is 82.2 Å². The third-order valence-corrected chi connectivity index (χ3v) is 4.10. The molecule has 142 valence electrons. The van der Waals surface area contributed by atoms with Crippen LogP contribution in [0.25, 0.3) is 5.69 Å². The molecule has 8 heteroatoms. The molecule has 1 aromatic heterocycles. The van der Waals surface area contributed by atoms with Gasteiger partial charge in [-0.2, -0.15) is 0 Å². The average molecular weight is 386 g/mol. The number of anilines is 1. The van der Waals surface area contributed by atoms with Crippen molar-refractivity contribution in [2.24, 2.45) is 0 Å². The number of hydrogen-bond acceptors (Lipinski definition) is 4. The number of carbonyl (C=O) groups excluding carboxylic acids is 2. The molecule has 2 N–H and O–H groups in total. The van der Waals surface area contributed by atoms with Crippen LogP contribution in [0.15, 0.2) is 53.3 Å². The largest absolute Gasteiger partial charge is 0.384 e. The second-order valence-corrected chi connectivity index (χ2v) is 5.92. The lowest BCUT2D eigenvalue weighted by molar-refractivity contribution is -0.107. The van der Waals surface area contributed by atoms with Gasteiger partial charge in [0.15, 0.2) is 17.4 Å². The van der Waals surface area contributed by atoms with Crippen LogP contribution >= 0.6 is 0 Å². The van der Waals surface area contributed by atoms with Gasteiger partial charge < -0.3 is 10.5 Å². The lowest BCUT2D eigenvalue weighted by atomic mass is 10.0. The summed E-state index contributed by atoms with van der Waals surface area (Å²) in [7, 11) is 0. The molecule has 3 aromatic rings. The van der Waals surface area contributed by atoms with E-state index >= 15 is 0 Å². The maximum absolute atomic E-state index is 14.5. The van der Waals surface area contributed by atoms with Gasteiger partial charge in [-0.25, -0.2) is 13.2 Å². The first-order valence-corrected chi connectivity index (χ1v) is 8.07. The minimum atomic E-state index is -1.11. The normalized spacial score (nSPS) is 10.7.